The Morgan fingerprint density at radius 2 is 1.82 bits per heavy atom. The Morgan fingerprint density at radius 3 is 2.50 bits per heavy atom. The van der Waals surface area contributed by atoms with Gasteiger partial charge in [0.25, 0.3) is 11.5 Å². The number of nitrogens with zero attached hydrogens (tertiary/aromatic N) is 2. The number of allylic oxidation sites excluding steroid dienone is 1. The third-order valence-corrected chi connectivity index (χ3v) is 8.67. The summed E-state index contributed by atoms with van der Waals surface area (Å²) in [6.07, 6.45) is 1.79. The van der Waals surface area contributed by atoms with Crippen LogP contribution in [0.3, 0.4) is 0 Å². The molecule has 5 rings (SSSR count). The third kappa shape index (κ3) is 5.16. The van der Waals surface area contributed by atoms with Gasteiger partial charge >= 0.3 is 0 Å². The van der Waals surface area contributed by atoms with Crippen molar-refractivity contribution < 1.29 is 14.6 Å². The lowest BCUT2D eigenvalue weighted by Crippen LogP contribution is -2.40. The first-order valence-corrected chi connectivity index (χ1v) is 14.4. The molecular weight excluding hydrogens is 728 g/mol. The zero-order chi connectivity index (χ0) is 27.0. The highest BCUT2D eigenvalue weighted by molar-refractivity contribution is 14.1. The van der Waals surface area contributed by atoms with Gasteiger partial charge in [-0.1, -0.05) is 41.7 Å². The second-order valence-electron chi connectivity index (χ2n) is 8.51. The third-order valence-electron chi connectivity index (χ3n) is 6.04. The highest BCUT2D eigenvalue weighted by Gasteiger charge is 2.32. The summed E-state index contributed by atoms with van der Waals surface area (Å²) >= 11 is 5.40. The maximum absolute atomic E-state index is 13.9. The van der Waals surface area contributed by atoms with E-state index in [2.05, 4.69) is 55.5 Å². The van der Waals surface area contributed by atoms with Gasteiger partial charge in [0.1, 0.15) is 11.5 Å². The fraction of sp³-hybridized carbons (Fsp3) is 0.107. The summed E-state index contributed by atoms with van der Waals surface area (Å²) in [6.45, 7) is 1.79. The molecular formula is C28H21I2N3O4S. The van der Waals surface area contributed by atoms with Gasteiger partial charge in [-0.15, -0.1) is 0 Å². The molecule has 0 bridgehead atoms. The van der Waals surface area contributed by atoms with Crippen molar-refractivity contribution >= 4 is 74.2 Å². The quantitative estimate of drug-likeness (QED) is 0.287. The number of carbonyl (C=O) groups excluding carboxylic acids is 1. The normalized spacial score (nSPS) is 15.2. The van der Waals surface area contributed by atoms with Crippen molar-refractivity contribution in [3.8, 4) is 11.5 Å². The molecule has 0 aliphatic carbocycles. The number of hydrogen-bond acceptors (Lipinski definition) is 6. The van der Waals surface area contributed by atoms with Crippen LogP contribution in [0.15, 0.2) is 87.8 Å². The van der Waals surface area contributed by atoms with E-state index in [4.69, 9.17) is 4.74 Å². The molecule has 0 spiro atoms. The number of amides is 1. The average Bonchev–Trinajstić information content (AvgIpc) is 3.20. The molecule has 10 heteroatoms. The van der Waals surface area contributed by atoms with E-state index < -0.39 is 6.04 Å². The van der Waals surface area contributed by atoms with E-state index in [0.29, 0.717) is 39.2 Å². The minimum atomic E-state index is -0.702. The standard InChI is InChI=1S/C28H21I2N3O4S/c1-15-23(26(35)32-18-8-4-3-5-9-18)24(17-7-6-10-19(14-17)37-2)33-27(36)22(38-28(33)31-15)13-16-11-20(29)25(34)21(30)12-16/h3-14,24,34H,1-2H3,(H,32,35)/b22-13-/t24-/m1/s1. The molecule has 1 amide bonds. The molecule has 38 heavy (non-hydrogen) atoms. The molecule has 1 aliphatic rings. The van der Waals surface area contributed by atoms with Gasteiger partial charge in [0.2, 0.25) is 0 Å². The van der Waals surface area contributed by atoms with Gasteiger partial charge in [-0.2, -0.15) is 0 Å². The number of benzene rings is 3. The fourth-order valence-corrected chi connectivity index (χ4v) is 7.14. The number of nitrogens with one attached hydrogen (secondary N) is 1. The number of phenolic OH excluding ortho intramolecular Hbond substituents is 1. The molecule has 0 saturated carbocycles. The Balaban J connectivity index is 1.70. The van der Waals surface area contributed by atoms with E-state index in [1.165, 1.54) is 11.3 Å². The van der Waals surface area contributed by atoms with Gasteiger partial charge < -0.3 is 15.2 Å². The number of rotatable bonds is 5. The maximum atomic E-state index is 13.9. The van der Waals surface area contributed by atoms with Crippen molar-refractivity contribution in [3.63, 3.8) is 0 Å². The lowest BCUT2D eigenvalue weighted by atomic mass is 9.95. The van der Waals surface area contributed by atoms with Gasteiger partial charge in [-0.3, -0.25) is 14.2 Å². The van der Waals surface area contributed by atoms with Crippen molar-refractivity contribution in [2.45, 2.75) is 13.0 Å². The topological polar surface area (TPSA) is 92.9 Å². The van der Waals surface area contributed by atoms with Crippen molar-refractivity contribution in [1.82, 2.24) is 4.57 Å². The van der Waals surface area contributed by atoms with Crippen LogP contribution in [-0.4, -0.2) is 22.7 Å². The minimum Gasteiger partial charge on any atom is -0.506 e. The number of halogens is 2. The van der Waals surface area contributed by atoms with Crippen molar-refractivity contribution in [2.24, 2.45) is 4.99 Å². The van der Waals surface area contributed by atoms with Crippen LogP contribution < -0.4 is 24.9 Å². The molecule has 7 nitrogen and oxygen atoms in total. The number of phenols is 1. The van der Waals surface area contributed by atoms with Crippen LogP contribution in [0.2, 0.25) is 0 Å². The number of hydrogen-bond donors (Lipinski definition) is 2. The van der Waals surface area contributed by atoms with Crippen molar-refractivity contribution in [3.05, 3.63) is 116 Å². The summed E-state index contributed by atoms with van der Waals surface area (Å²) < 4.78 is 8.89. The zero-order valence-corrected chi connectivity index (χ0v) is 25.4. The number of methoxy groups -OCH3 is 1. The first-order valence-electron chi connectivity index (χ1n) is 11.5. The van der Waals surface area contributed by atoms with Crippen LogP contribution in [0.5, 0.6) is 11.5 Å². The van der Waals surface area contributed by atoms with Crippen molar-refractivity contribution in [1.29, 1.82) is 0 Å². The lowest BCUT2D eigenvalue weighted by molar-refractivity contribution is -0.113. The van der Waals surface area contributed by atoms with E-state index in [9.17, 15) is 14.7 Å². The summed E-state index contributed by atoms with van der Waals surface area (Å²) in [6, 6.07) is 19.5. The smallest absolute Gasteiger partial charge is 0.271 e. The molecule has 0 unspecified atom stereocenters. The Hall–Kier alpha value is -2.97. The van der Waals surface area contributed by atoms with Gasteiger partial charge in [-0.25, -0.2) is 4.99 Å². The number of ether oxygens (including phenoxy) is 1. The number of aromatic hydroxyl groups is 1. The number of thiazole rings is 1. The number of anilines is 1. The Kier molecular flexibility index (Phi) is 7.73. The van der Waals surface area contributed by atoms with E-state index in [1.54, 1.807) is 24.7 Å². The average molecular weight is 749 g/mol. The summed E-state index contributed by atoms with van der Waals surface area (Å²) in [7, 11) is 1.58. The molecule has 1 atom stereocenters. The van der Waals surface area contributed by atoms with Crippen LogP contribution in [0.4, 0.5) is 5.69 Å². The molecule has 1 aliphatic heterocycles. The molecule has 2 heterocycles. The van der Waals surface area contributed by atoms with Gasteiger partial charge in [-0.05, 0) is 106 Å². The Morgan fingerprint density at radius 1 is 1.11 bits per heavy atom. The highest BCUT2D eigenvalue weighted by Crippen LogP contribution is 2.32. The summed E-state index contributed by atoms with van der Waals surface area (Å²) in [5.41, 5.74) is 2.84. The molecule has 0 saturated heterocycles. The predicted molar refractivity (Wildman–Crippen MR) is 165 cm³/mol. The lowest BCUT2D eigenvalue weighted by Gasteiger charge is -2.25. The second-order valence-corrected chi connectivity index (χ2v) is 11.8. The first-order chi connectivity index (χ1) is 18.3. The number of para-hydroxylation sites is 1. The second kappa shape index (κ2) is 11.0. The number of carbonyl (C=O) groups is 1. The molecule has 0 radical (unpaired) electrons. The maximum Gasteiger partial charge on any atom is 0.271 e. The first kappa shape index (κ1) is 26.6. The van der Waals surface area contributed by atoms with Crippen LogP contribution in [0, 0.1) is 7.14 Å². The molecule has 1 aromatic heterocycles. The summed E-state index contributed by atoms with van der Waals surface area (Å²) in [5.74, 6) is 0.505. The molecule has 0 fully saturated rings. The molecule has 4 aromatic rings. The van der Waals surface area contributed by atoms with E-state index >= 15 is 0 Å². The zero-order valence-electron chi connectivity index (χ0n) is 20.2. The van der Waals surface area contributed by atoms with Crippen LogP contribution >= 0.6 is 56.5 Å². The van der Waals surface area contributed by atoms with Gasteiger partial charge in [0, 0.05) is 5.69 Å². The van der Waals surface area contributed by atoms with Gasteiger partial charge in [0.15, 0.2) is 4.80 Å². The monoisotopic (exact) mass is 749 g/mol. The largest absolute Gasteiger partial charge is 0.506 e. The van der Waals surface area contributed by atoms with Crippen LogP contribution in [-0.2, 0) is 4.79 Å². The predicted octanol–water partition coefficient (Wildman–Crippen LogP) is 4.80. The van der Waals surface area contributed by atoms with E-state index in [1.807, 2.05) is 66.7 Å². The Labute approximate surface area is 249 Å². The minimum absolute atomic E-state index is 0.215. The molecule has 2 N–H and O–H groups in total. The van der Waals surface area contributed by atoms with Crippen molar-refractivity contribution in [2.75, 3.05) is 12.4 Å². The highest BCUT2D eigenvalue weighted by atomic mass is 127. The van der Waals surface area contributed by atoms with E-state index in [-0.39, 0.29) is 17.2 Å². The number of fused-ring (bicyclic) bond motifs is 1. The SMILES string of the molecule is COc1cccc([C@@H]2C(C(=O)Nc3ccccc3)=C(C)N=c3s/c(=C\c4cc(I)c(O)c(I)c4)c(=O)n32)c1. The van der Waals surface area contributed by atoms with Gasteiger partial charge in [0.05, 0.1) is 36.1 Å². The Bertz CT molecular complexity index is 1750. The van der Waals surface area contributed by atoms with Crippen LogP contribution in [0.25, 0.3) is 6.08 Å². The number of aromatic nitrogens is 1. The van der Waals surface area contributed by atoms with Crippen LogP contribution in [0.1, 0.15) is 24.1 Å². The fourth-order valence-electron chi connectivity index (χ4n) is 4.28. The molecule has 192 valence electrons. The summed E-state index contributed by atoms with van der Waals surface area (Å²) in [4.78, 5) is 32.7. The molecule has 3 aromatic carbocycles. The summed E-state index contributed by atoms with van der Waals surface area (Å²) in [5, 5.41) is 13.1. The van der Waals surface area contributed by atoms with E-state index in [0.717, 1.165) is 11.1 Å².